The van der Waals surface area contributed by atoms with Gasteiger partial charge in [0.15, 0.2) is 0 Å². The van der Waals surface area contributed by atoms with Gasteiger partial charge in [-0.3, -0.25) is 0 Å². The predicted molar refractivity (Wildman–Crippen MR) is 133 cm³/mol. The van der Waals surface area contributed by atoms with E-state index in [1.54, 1.807) is 5.57 Å². The van der Waals surface area contributed by atoms with Gasteiger partial charge in [0.2, 0.25) is 0 Å². The summed E-state index contributed by atoms with van der Waals surface area (Å²) in [7, 11) is 0. The highest BCUT2D eigenvalue weighted by Gasteiger charge is 2.59. The van der Waals surface area contributed by atoms with Crippen LogP contribution in [-0.2, 0) is 4.74 Å². The topological polar surface area (TPSA) is 9.23 Å². The van der Waals surface area contributed by atoms with Crippen molar-refractivity contribution in [2.75, 3.05) is 6.61 Å². The van der Waals surface area contributed by atoms with Crippen LogP contribution in [0.5, 0.6) is 0 Å². The summed E-state index contributed by atoms with van der Waals surface area (Å²) in [6.45, 7) is 15.7. The van der Waals surface area contributed by atoms with Gasteiger partial charge in [0.05, 0.1) is 6.10 Å². The first-order valence-corrected chi connectivity index (χ1v) is 13.6. The van der Waals surface area contributed by atoms with Crippen LogP contribution in [0.1, 0.15) is 115 Å². The molecule has 0 aromatic rings. The molecule has 1 nitrogen and oxygen atoms in total. The summed E-state index contributed by atoms with van der Waals surface area (Å²) >= 11 is 0. The Balaban J connectivity index is 0.00000181. The van der Waals surface area contributed by atoms with E-state index in [9.17, 15) is 0 Å². The van der Waals surface area contributed by atoms with Crippen LogP contribution in [0.15, 0.2) is 11.6 Å². The van der Waals surface area contributed by atoms with E-state index in [4.69, 9.17) is 4.74 Å². The van der Waals surface area contributed by atoms with Crippen LogP contribution >= 0.6 is 0 Å². The van der Waals surface area contributed by atoms with Crippen molar-refractivity contribution in [3.63, 3.8) is 0 Å². The average Bonchev–Trinajstić information content (AvgIpc) is 3.05. The molecule has 4 aliphatic rings. The SMILES string of the molecule is CCO[C@H]1CC[C@@]2(C)C(=CC[C@@H]3C2CC[C@@]2(C)C3CC[C@@H]2[C@H](C)CCCC(C)C)C1.[HH].[HH]. The lowest BCUT2D eigenvalue weighted by Crippen LogP contribution is -2.51. The predicted octanol–water partition coefficient (Wildman–Crippen LogP) is 8.92. The highest BCUT2D eigenvalue weighted by Crippen LogP contribution is 2.67. The normalized spacial score (nSPS) is 44.2. The second-order valence-electron chi connectivity index (χ2n) is 12.6. The Bertz CT molecular complexity index is 631. The van der Waals surface area contributed by atoms with Gasteiger partial charge in [0.1, 0.15) is 0 Å². The van der Waals surface area contributed by atoms with Crippen LogP contribution in [0.3, 0.4) is 0 Å². The fourth-order valence-electron chi connectivity index (χ4n) is 9.03. The van der Waals surface area contributed by atoms with Crippen molar-refractivity contribution < 1.29 is 7.59 Å². The number of ether oxygens (including phenoxy) is 1. The molecule has 0 aliphatic heterocycles. The fourth-order valence-corrected chi connectivity index (χ4v) is 9.03. The third kappa shape index (κ3) is 3.95. The van der Waals surface area contributed by atoms with Crippen LogP contribution < -0.4 is 0 Å². The van der Waals surface area contributed by atoms with Gasteiger partial charge < -0.3 is 4.74 Å². The first-order valence-electron chi connectivity index (χ1n) is 13.6. The van der Waals surface area contributed by atoms with Crippen LogP contribution in [0.25, 0.3) is 0 Å². The Morgan fingerprint density at radius 3 is 2.57 bits per heavy atom. The molecule has 176 valence electrons. The molecule has 3 saturated carbocycles. The molecule has 3 fully saturated rings. The Kier molecular flexibility index (Phi) is 6.80. The molecule has 0 spiro atoms. The van der Waals surface area contributed by atoms with Crippen molar-refractivity contribution in [2.24, 2.45) is 46.3 Å². The molecule has 4 rings (SSSR count). The van der Waals surface area contributed by atoms with E-state index in [1.165, 1.54) is 70.6 Å². The van der Waals surface area contributed by atoms with Gasteiger partial charge in [-0.2, -0.15) is 0 Å². The van der Waals surface area contributed by atoms with Gasteiger partial charge in [-0.25, -0.2) is 0 Å². The number of fused-ring (bicyclic) bond motifs is 5. The molecule has 0 radical (unpaired) electrons. The highest BCUT2D eigenvalue weighted by atomic mass is 16.5. The van der Waals surface area contributed by atoms with Gasteiger partial charge in [-0.15, -0.1) is 0 Å². The Morgan fingerprint density at radius 1 is 1.03 bits per heavy atom. The highest BCUT2D eigenvalue weighted by molar-refractivity contribution is 5.25. The second-order valence-corrected chi connectivity index (χ2v) is 12.6. The maximum Gasteiger partial charge on any atom is 0.0612 e. The summed E-state index contributed by atoms with van der Waals surface area (Å²) in [5.74, 6) is 5.63. The standard InChI is InChI=1S/C29H50O.2H2/c1-7-30-23-15-17-28(5)22(19-23)11-12-24-26-14-13-25(21(4)10-8-9-20(2)3)29(26,6)18-16-27(24)28;;/h11,20-21,23-27H,7-10,12-19H2,1-6H3;2*1H/t21-,23+,24+,25-,26?,27?,28+,29-;;/m1../s1. The minimum Gasteiger partial charge on any atom is -0.378 e. The molecule has 0 amide bonds. The Morgan fingerprint density at radius 2 is 1.83 bits per heavy atom. The van der Waals surface area contributed by atoms with Crippen molar-refractivity contribution >= 4 is 0 Å². The van der Waals surface area contributed by atoms with Crippen molar-refractivity contribution in [3.05, 3.63) is 11.6 Å². The molecule has 0 aromatic carbocycles. The average molecular weight is 419 g/mol. The molecule has 0 aromatic heterocycles. The van der Waals surface area contributed by atoms with Gasteiger partial charge in [-0.1, -0.05) is 65.5 Å². The van der Waals surface area contributed by atoms with Crippen LogP contribution in [0.2, 0.25) is 0 Å². The van der Waals surface area contributed by atoms with E-state index in [0.717, 1.165) is 42.1 Å². The molecule has 1 heteroatoms. The van der Waals surface area contributed by atoms with Gasteiger partial charge in [0, 0.05) is 9.46 Å². The molecule has 8 atom stereocenters. The molecule has 2 unspecified atom stereocenters. The van der Waals surface area contributed by atoms with Crippen molar-refractivity contribution in [3.8, 4) is 0 Å². The molecule has 0 bridgehead atoms. The minimum absolute atomic E-state index is 0. The van der Waals surface area contributed by atoms with E-state index in [-0.39, 0.29) is 2.85 Å². The van der Waals surface area contributed by atoms with E-state index >= 15 is 0 Å². The van der Waals surface area contributed by atoms with Crippen LogP contribution in [0, 0.1) is 46.3 Å². The first kappa shape index (κ1) is 22.9. The number of hydrogen-bond acceptors (Lipinski definition) is 1. The fraction of sp³-hybridized carbons (Fsp3) is 0.931. The van der Waals surface area contributed by atoms with Crippen LogP contribution in [0.4, 0.5) is 0 Å². The third-order valence-corrected chi connectivity index (χ3v) is 10.7. The molecule has 4 aliphatic carbocycles. The van der Waals surface area contributed by atoms with Crippen molar-refractivity contribution in [1.29, 1.82) is 0 Å². The summed E-state index contributed by atoms with van der Waals surface area (Å²) in [6, 6.07) is 0. The first-order chi connectivity index (χ1) is 14.3. The van der Waals surface area contributed by atoms with Gasteiger partial charge in [-0.05, 0) is 105 Å². The molecule has 30 heavy (non-hydrogen) atoms. The molecule has 0 saturated heterocycles. The Hall–Kier alpha value is -0.300. The maximum absolute atomic E-state index is 6.04. The molecule has 0 heterocycles. The lowest BCUT2D eigenvalue weighted by molar-refractivity contribution is -0.0630. The summed E-state index contributed by atoms with van der Waals surface area (Å²) in [6.07, 6.45) is 18.7. The summed E-state index contributed by atoms with van der Waals surface area (Å²) < 4.78 is 6.04. The lowest BCUT2D eigenvalue weighted by atomic mass is 9.47. The van der Waals surface area contributed by atoms with Crippen molar-refractivity contribution in [2.45, 2.75) is 118 Å². The monoisotopic (exact) mass is 418 g/mol. The number of hydrogen-bond donors (Lipinski definition) is 0. The number of rotatable bonds is 7. The zero-order valence-corrected chi connectivity index (χ0v) is 21.0. The third-order valence-electron chi connectivity index (χ3n) is 10.7. The molecule has 0 N–H and O–H groups in total. The van der Waals surface area contributed by atoms with E-state index in [0.29, 0.717) is 16.9 Å². The van der Waals surface area contributed by atoms with Gasteiger partial charge >= 0.3 is 0 Å². The van der Waals surface area contributed by atoms with E-state index in [1.807, 2.05) is 0 Å². The number of allylic oxidation sites excluding steroid dienone is 1. The van der Waals surface area contributed by atoms with Crippen molar-refractivity contribution in [1.82, 2.24) is 0 Å². The minimum atomic E-state index is 0. The molecular weight excluding hydrogens is 364 g/mol. The largest absolute Gasteiger partial charge is 0.378 e. The Labute approximate surface area is 190 Å². The maximum atomic E-state index is 6.04. The zero-order valence-electron chi connectivity index (χ0n) is 21.0. The summed E-state index contributed by atoms with van der Waals surface area (Å²) in [5, 5.41) is 0. The lowest BCUT2D eigenvalue weighted by Gasteiger charge is -2.58. The smallest absolute Gasteiger partial charge is 0.0612 e. The summed E-state index contributed by atoms with van der Waals surface area (Å²) in [5.41, 5.74) is 2.86. The van der Waals surface area contributed by atoms with Gasteiger partial charge in [0.25, 0.3) is 0 Å². The quantitative estimate of drug-likeness (QED) is 0.375. The second kappa shape index (κ2) is 8.92. The van der Waals surface area contributed by atoms with E-state index < -0.39 is 0 Å². The van der Waals surface area contributed by atoms with Crippen LogP contribution in [-0.4, -0.2) is 12.7 Å². The van der Waals surface area contributed by atoms with E-state index in [2.05, 4.69) is 47.6 Å². The zero-order chi connectivity index (χ0) is 21.5. The summed E-state index contributed by atoms with van der Waals surface area (Å²) in [4.78, 5) is 0. The molecular formula is C29H54O.